The van der Waals surface area contributed by atoms with E-state index in [-0.39, 0.29) is 0 Å². The largest absolute Gasteiger partial charge is 0.387 e. The average molecular weight is 345 g/mol. The van der Waals surface area contributed by atoms with Crippen LogP contribution in [0.2, 0.25) is 0 Å². The molecule has 5 nitrogen and oxygen atoms in total. The van der Waals surface area contributed by atoms with Crippen LogP contribution in [0.5, 0.6) is 0 Å². The maximum Gasteiger partial charge on any atom is 0.250 e. The molecule has 118 valence electrons. The van der Waals surface area contributed by atoms with E-state index < -0.39 is 12.5 Å². The Balaban J connectivity index is 1.62. The van der Waals surface area contributed by atoms with E-state index in [1.54, 1.807) is 28.7 Å². The summed E-state index contributed by atoms with van der Waals surface area (Å²) in [5, 5.41) is 19.8. The van der Waals surface area contributed by atoms with Gasteiger partial charge in [0.15, 0.2) is 0 Å². The number of hydrogen-bond donors (Lipinski definition) is 3. The van der Waals surface area contributed by atoms with Crippen molar-refractivity contribution in [3.05, 3.63) is 52.2 Å². The molecule has 0 atom stereocenters. The number of nitrogens with zero attached hydrogens (tertiary/aromatic N) is 1. The van der Waals surface area contributed by atoms with E-state index >= 15 is 0 Å². The molecule has 3 N–H and O–H groups in total. The Hall–Kier alpha value is -2.22. The first-order valence-corrected chi connectivity index (χ1v) is 8.72. The van der Waals surface area contributed by atoms with Crippen LogP contribution in [0.25, 0.3) is 10.6 Å². The van der Waals surface area contributed by atoms with Crippen LogP contribution in [0.4, 0.5) is 11.4 Å². The van der Waals surface area contributed by atoms with E-state index in [4.69, 9.17) is 5.11 Å². The second-order valence-electron chi connectivity index (χ2n) is 4.78. The van der Waals surface area contributed by atoms with E-state index in [0.717, 1.165) is 21.1 Å². The van der Waals surface area contributed by atoms with Gasteiger partial charge >= 0.3 is 0 Å². The molecule has 7 heteroatoms. The van der Waals surface area contributed by atoms with E-state index in [0.29, 0.717) is 12.2 Å². The summed E-state index contributed by atoms with van der Waals surface area (Å²) < 4.78 is 0. The van der Waals surface area contributed by atoms with Gasteiger partial charge in [0.25, 0.3) is 0 Å². The van der Waals surface area contributed by atoms with Crippen molar-refractivity contribution >= 4 is 40.0 Å². The number of thiazole rings is 1. The summed E-state index contributed by atoms with van der Waals surface area (Å²) >= 11 is 3.32. The van der Waals surface area contributed by atoms with Gasteiger partial charge in [-0.3, -0.25) is 4.79 Å². The van der Waals surface area contributed by atoms with Gasteiger partial charge < -0.3 is 15.7 Å². The van der Waals surface area contributed by atoms with Gasteiger partial charge in [0.1, 0.15) is 11.6 Å². The van der Waals surface area contributed by atoms with Crippen LogP contribution in [0.15, 0.2) is 47.3 Å². The second-order valence-corrected chi connectivity index (χ2v) is 6.68. The Morgan fingerprint density at radius 3 is 2.91 bits per heavy atom. The highest BCUT2D eigenvalue weighted by atomic mass is 32.1. The molecule has 23 heavy (non-hydrogen) atoms. The van der Waals surface area contributed by atoms with E-state index in [2.05, 4.69) is 27.1 Å². The lowest BCUT2D eigenvalue weighted by Gasteiger charge is -2.08. The van der Waals surface area contributed by atoms with Gasteiger partial charge in [-0.2, -0.15) is 11.3 Å². The molecule has 0 unspecified atom stereocenters. The van der Waals surface area contributed by atoms with Crippen LogP contribution in [-0.4, -0.2) is 22.6 Å². The zero-order chi connectivity index (χ0) is 16.1. The summed E-state index contributed by atoms with van der Waals surface area (Å²) in [6.07, 6.45) is 1.88. The Morgan fingerprint density at radius 2 is 2.13 bits per heavy atom. The molecule has 1 aromatic carbocycles. The summed E-state index contributed by atoms with van der Waals surface area (Å²) in [7, 11) is 0. The lowest BCUT2D eigenvalue weighted by Crippen LogP contribution is -2.15. The topological polar surface area (TPSA) is 74.2 Å². The molecule has 0 bridgehead atoms. The van der Waals surface area contributed by atoms with Gasteiger partial charge in [0, 0.05) is 33.4 Å². The number of hydrogen-bond acceptors (Lipinski definition) is 6. The number of aliphatic hydroxyl groups is 1. The fourth-order valence-corrected chi connectivity index (χ4v) is 3.57. The number of carbonyl (C=O) groups excluding carboxylic acids is 1. The minimum Gasteiger partial charge on any atom is -0.387 e. The Bertz CT molecular complexity index is 784. The number of nitrogens with one attached hydrogen (secondary N) is 2. The van der Waals surface area contributed by atoms with Crippen LogP contribution in [0.1, 0.15) is 4.88 Å². The fraction of sp³-hybridized carbons (Fsp3) is 0.125. The quantitative estimate of drug-likeness (QED) is 0.640. The van der Waals surface area contributed by atoms with Crippen LogP contribution in [-0.2, 0) is 11.3 Å². The maximum atomic E-state index is 11.2. The first-order valence-electron chi connectivity index (χ1n) is 6.96. The van der Waals surface area contributed by atoms with Crippen molar-refractivity contribution in [2.24, 2.45) is 0 Å². The Labute approximate surface area is 141 Å². The third-order valence-corrected chi connectivity index (χ3v) is 4.81. The number of thiophene rings is 1. The number of anilines is 2. The smallest absolute Gasteiger partial charge is 0.250 e. The molecule has 0 spiro atoms. The molecule has 1 amide bonds. The van der Waals surface area contributed by atoms with E-state index in [9.17, 15) is 4.79 Å². The zero-order valence-electron chi connectivity index (χ0n) is 12.2. The van der Waals surface area contributed by atoms with Crippen LogP contribution >= 0.6 is 22.7 Å². The number of rotatable bonds is 6. The minimum atomic E-state index is -0.524. The van der Waals surface area contributed by atoms with Crippen LogP contribution < -0.4 is 10.6 Å². The lowest BCUT2D eigenvalue weighted by atomic mass is 10.2. The van der Waals surface area contributed by atoms with Crippen molar-refractivity contribution in [1.29, 1.82) is 0 Å². The zero-order valence-corrected chi connectivity index (χ0v) is 13.8. The minimum absolute atomic E-state index is 0.426. The second kappa shape index (κ2) is 7.36. The number of aromatic nitrogens is 1. The normalized spacial score (nSPS) is 10.5. The molecule has 0 fully saturated rings. The number of carbonyl (C=O) groups is 1. The molecule has 0 radical (unpaired) electrons. The number of aliphatic hydroxyl groups excluding tert-OH is 1. The van der Waals surface area contributed by atoms with Crippen LogP contribution in [0.3, 0.4) is 0 Å². The summed E-state index contributed by atoms with van der Waals surface area (Å²) in [6, 6.07) is 9.44. The summed E-state index contributed by atoms with van der Waals surface area (Å²) in [5.74, 6) is -0.426. The number of benzene rings is 1. The monoisotopic (exact) mass is 345 g/mol. The molecule has 2 heterocycles. The van der Waals surface area contributed by atoms with Crippen LogP contribution in [0, 0.1) is 0 Å². The molecule has 0 aliphatic heterocycles. The SMILES string of the molecule is O=C(CO)Nc1cccc(NCc2cnc(-c3ccsc3)s2)c1. The van der Waals surface area contributed by atoms with Crippen molar-refractivity contribution in [3.63, 3.8) is 0 Å². The van der Waals surface area contributed by atoms with Crippen molar-refractivity contribution < 1.29 is 9.90 Å². The predicted molar refractivity (Wildman–Crippen MR) is 94.9 cm³/mol. The molecule has 0 saturated carbocycles. The molecule has 3 rings (SSSR count). The van der Waals surface area contributed by atoms with Gasteiger partial charge in [0.05, 0.1) is 6.54 Å². The number of amides is 1. The van der Waals surface area contributed by atoms with Crippen molar-refractivity contribution in [1.82, 2.24) is 4.98 Å². The molecule has 0 aliphatic rings. The molecule has 2 aromatic heterocycles. The van der Waals surface area contributed by atoms with Gasteiger partial charge in [-0.05, 0) is 29.6 Å². The Morgan fingerprint density at radius 1 is 1.26 bits per heavy atom. The first-order chi connectivity index (χ1) is 11.2. The van der Waals surface area contributed by atoms with E-state index in [1.807, 2.05) is 29.8 Å². The molecular formula is C16H15N3O2S2. The summed E-state index contributed by atoms with van der Waals surface area (Å²) in [4.78, 5) is 16.8. The highest BCUT2D eigenvalue weighted by Crippen LogP contribution is 2.27. The third-order valence-electron chi connectivity index (χ3n) is 3.08. The van der Waals surface area contributed by atoms with Crippen molar-refractivity contribution in [3.8, 4) is 10.6 Å². The summed E-state index contributed by atoms with van der Waals surface area (Å²) in [6.45, 7) is 0.142. The highest BCUT2D eigenvalue weighted by molar-refractivity contribution is 7.15. The molecule has 3 aromatic rings. The van der Waals surface area contributed by atoms with Gasteiger partial charge in [-0.25, -0.2) is 4.98 Å². The lowest BCUT2D eigenvalue weighted by molar-refractivity contribution is -0.118. The van der Waals surface area contributed by atoms with Gasteiger partial charge in [-0.1, -0.05) is 6.07 Å². The van der Waals surface area contributed by atoms with Gasteiger partial charge in [0.2, 0.25) is 5.91 Å². The fourth-order valence-electron chi connectivity index (χ4n) is 2.01. The van der Waals surface area contributed by atoms with Crippen molar-refractivity contribution in [2.75, 3.05) is 17.2 Å². The molecule has 0 saturated heterocycles. The average Bonchev–Trinajstić information content (AvgIpc) is 3.24. The maximum absolute atomic E-state index is 11.2. The molecule has 0 aliphatic carbocycles. The highest BCUT2D eigenvalue weighted by Gasteiger charge is 2.05. The standard InChI is InChI=1S/C16H15N3O2S2/c20-9-15(21)19-13-3-1-2-12(6-13)17-7-14-8-18-16(23-14)11-4-5-22-10-11/h1-6,8,10,17,20H,7,9H2,(H,19,21). The predicted octanol–water partition coefficient (Wildman–Crippen LogP) is 3.41. The van der Waals surface area contributed by atoms with Gasteiger partial charge in [-0.15, -0.1) is 11.3 Å². The molecular weight excluding hydrogens is 330 g/mol. The third kappa shape index (κ3) is 4.16. The van der Waals surface area contributed by atoms with Crippen molar-refractivity contribution in [2.45, 2.75) is 6.54 Å². The first kappa shape index (κ1) is 15.7. The summed E-state index contributed by atoms with van der Waals surface area (Å²) in [5.41, 5.74) is 2.70. The Kier molecular flexibility index (Phi) is 5.02. The van der Waals surface area contributed by atoms with E-state index in [1.165, 1.54) is 0 Å².